The lowest BCUT2D eigenvalue weighted by Gasteiger charge is -2.18. The Balaban J connectivity index is 2.02. The van der Waals surface area contributed by atoms with Gasteiger partial charge in [0, 0.05) is 0 Å². The van der Waals surface area contributed by atoms with E-state index in [2.05, 4.69) is 6.92 Å². The molecule has 0 aliphatic carbocycles. The highest BCUT2D eigenvalue weighted by Gasteiger charge is 2.16. The van der Waals surface area contributed by atoms with Crippen molar-refractivity contribution in [1.29, 1.82) is 0 Å². The number of ether oxygens (including phenoxy) is 4. The first-order valence-electron chi connectivity index (χ1n) is 10.2. The highest BCUT2D eigenvalue weighted by atomic mass is 16.5. The van der Waals surface area contributed by atoms with E-state index in [1.807, 2.05) is 61.5 Å². The lowest BCUT2D eigenvalue weighted by atomic mass is 9.98. The maximum Gasteiger partial charge on any atom is 0.338 e. The van der Waals surface area contributed by atoms with E-state index < -0.39 is 0 Å². The molecule has 0 radical (unpaired) electrons. The highest BCUT2D eigenvalue weighted by Crippen LogP contribution is 2.40. The van der Waals surface area contributed by atoms with E-state index in [-0.39, 0.29) is 12.1 Å². The fourth-order valence-corrected chi connectivity index (χ4v) is 3.34. The van der Waals surface area contributed by atoms with E-state index in [1.54, 1.807) is 20.3 Å². The van der Waals surface area contributed by atoms with Crippen molar-refractivity contribution in [2.45, 2.75) is 26.4 Å². The van der Waals surface area contributed by atoms with Crippen LogP contribution >= 0.6 is 0 Å². The largest absolute Gasteiger partial charge is 0.493 e. The summed E-state index contributed by atoms with van der Waals surface area (Å²) >= 11 is 0. The first-order chi connectivity index (χ1) is 15.0. The van der Waals surface area contributed by atoms with Crippen molar-refractivity contribution >= 4 is 28.9 Å². The van der Waals surface area contributed by atoms with Crippen molar-refractivity contribution in [1.82, 2.24) is 0 Å². The van der Waals surface area contributed by atoms with Crippen LogP contribution in [0.15, 0.2) is 48.5 Å². The average molecular weight is 421 g/mol. The molecule has 0 bridgehead atoms. The van der Waals surface area contributed by atoms with Gasteiger partial charge in [-0.3, -0.25) is 0 Å². The maximum atomic E-state index is 12.1. The molecule has 0 saturated heterocycles. The average Bonchev–Trinajstić information content (AvgIpc) is 2.82. The number of benzene rings is 3. The minimum absolute atomic E-state index is 0.0453. The second-order valence-corrected chi connectivity index (χ2v) is 7.16. The minimum Gasteiger partial charge on any atom is -0.493 e. The lowest BCUT2D eigenvalue weighted by Crippen LogP contribution is -2.11. The first-order valence-corrected chi connectivity index (χ1v) is 10.2. The molecular formula is C26H28O5. The number of esters is 1. The zero-order chi connectivity index (χ0) is 22.4. The molecule has 0 heterocycles. The molecular weight excluding hydrogens is 392 g/mol. The summed E-state index contributed by atoms with van der Waals surface area (Å²) in [5.74, 6) is 1.48. The molecule has 1 atom stereocenters. The molecule has 1 unspecified atom stereocenters. The highest BCUT2D eigenvalue weighted by molar-refractivity contribution is 6.07. The van der Waals surface area contributed by atoms with E-state index in [9.17, 15) is 4.79 Å². The molecule has 5 nitrogen and oxygen atoms in total. The molecule has 0 aromatic heterocycles. The first kappa shape index (κ1) is 22.2. The second kappa shape index (κ2) is 10.0. The van der Waals surface area contributed by atoms with Crippen LogP contribution in [0.3, 0.4) is 0 Å². The van der Waals surface area contributed by atoms with Crippen LogP contribution in [0.25, 0.3) is 22.9 Å². The van der Waals surface area contributed by atoms with Gasteiger partial charge in [0.1, 0.15) is 0 Å². The van der Waals surface area contributed by atoms with E-state index in [0.717, 1.165) is 28.3 Å². The molecule has 0 spiro atoms. The molecule has 0 saturated carbocycles. The fourth-order valence-electron chi connectivity index (χ4n) is 3.34. The predicted molar refractivity (Wildman–Crippen MR) is 124 cm³/mol. The van der Waals surface area contributed by atoms with Crippen molar-refractivity contribution < 1.29 is 23.7 Å². The topological polar surface area (TPSA) is 54.0 Å². The zero-order valence-electron chi connectivity index (χ0n) is 18.6. The molecule has 3 aromatic rings. The lowest BCUT2D eigenvalue weighted by molar-refractivity contribution is 0.0603. The SMILES string of the molecule is CCC(C)Oc1c(OC)cc(/C=C/c2ccc(C(=O)OC)c3ccccc23)cc1OC. The van der Waals surface area contributed by atoms with Crippen molar-refractivity contribution in [2.24, 2.45) is 0 Å². The van der Waals surface area contributed by atoms with Crippen LogP contribution in [0.4, 0.5) is 0 Å². The summed E-state index contributed by atoms with van der Waals surface area (Å²) in [6.07, 6.45) is 4.91. The van der Waals surface area contributed by atoms with Crippen LogP contribution in [0.1, 0.15) is 41.8 Å². The van der Waals surface area contributed by atoms with Crippen molar-refractivity contribution in [3.63, 3.8) is 0 Å². The van der Waals surface area contributed by atoms with Crippen molar-refractivity contribution in [3.05, 3.63) is 65.2 Å². The monoisotopic (exact) mass is 420 g/mol. The third-order valence-corrected chi connectivity index (χ3v) is 5.20. The molecule has 0 aliphatic rings. The quantitative estimate of drug-likeness (QED) is 0.331. The summed E-state index contributed by atoms with van der Waals surface area (Å²) < 4.78 is 22.0. The summed E-state index contributed by atoms with van der Waals surface area (Å²) in [4.78, 5) is 12.1. The Bertz CT molecular complexity index is 1080. The smallest absolute Gasteiger partial charge is 0.338 e. The Morgan fingerprint density at radius 3 is 2.16 bits per heavy atom. The van der Waals surface area contributed by atoms with Gasteiger partial charge in [0.15, 0.2) is 11.5 Å². The summed E-state index contributed by atoms with van der Waals surface area (Å²) in [5.41, 5.74) is 2.44. The third-order valence-electron chi connectivity index (χ3n) is 5.20. The summed E-state index contributed by atoms with van der Waals surface area (Å²) in [7, 11) is 4.62. The Morgan fingerprint density at radius 2 is 1.58 bits per heavy atom. The van der Waals surface area contributed by atoms with E-state index in [1.165, 1.54) is 7.11 Å². The number of hydrogen-bond acceptors (Lipinski definition) is 5. The van der Waals surface area contributed by atoms with Gasteiger partial charge in [-0.05, 0) is 53.4 Å². The number of fused-ring (bicyclic) bond motifs is 1. The molecule has 5 heteroatoms. The van der Waals surface area contributed by atoms with Gasteiger partial charge in [-0.1, -0.05) is 49.4 Å². The van der Waals surface area contributed by atoms with Crippen molar-refractivity contribution in [2.75, 3.05) is 21.3 Å². The maximum absolute atomic E-state index is 12.1. The van der Waals surface area contributed by atoms with E-state index in [4.69, 9.17) is 18.9 Å². The number of hydrogen-bond donors (Lipinski definition) is 0. The summed E-state index contributed by atoms with van der Waals surface area (Å²) in [6, 6.07) is 15.3. The van der Waals surface area contributed by atoms with Crippen LogP contribution in [0.5, 0.6) is 17.2 Å². The van der Waals surface area contributed by atoms with Gasteiger partial charge < -0.3 is 18.9 Å². The normalized spacial score (nSPS) is 12.0. The van der Waals surface area contributed by atoms with Crippen LogP contribution in [-0.4, -0.2) is 33.4 Å². The van der Waals surface area contributed by atoms with E-state index in [0.29, 0.717) is 22.8 Å². The second-order valence-electron chi connectivity index (χ2n) is 7.16. The number of carbonyl (C=O) groups excluding carboxylic acids is 1. The van der Waals surface area contributed by atoms with Gasteiger partial charge in [0.05, 0.1) is 33.0 Å². The molecule has 0 aliphatic heterocycles. The van der Waals surface area contributed by atoms with Gasteiger partial charge in [0.2, 0.25) is 5.75 Å². The van der Waals surface area contributed by atoms with E-state index >= 15 is 0 Å². The molecule has 3 aromatic carbocycles. The Kier molecular flexibility index (Phi) is 7.19. The molecule has 3 rings (SSSR count). The molecule has 0 amide bonds. The van der Waals surface area contributed by atoms with Crippen LogP contribution < -0.4 is 14.2 Å². The van der Waals surface area contributed by atoms with Gasteiger partial charge in [-0.15, -0.1) is 0 Å². The Labute approximate surface area is 183 Å². The number of methoxy groups -OCH3 is 3. The molecule has 31 heavy (non-hydrogen) atoms. The minimum atomic E-state index is -0.349. The zero-order valence-corrected chi connectivity index (χ0v) is 18.6. The van der Waals surface area contributed by atoms with Crippen LogP contribution in [0, 0.1) is 0 Å². The standard InChI is InChI=1S/C26H28O5/c1-6-17(2)31-25-23(28-3)15-18(16-24(25)29-4)11-12-19-13-14-22(26(27)30-5)21-10-8-7-9-20(19)21/h7-17H,6H2,1-5H3/b12-11+. The Hall–Kier alpha value is -3.47. The third kappa shape index (κ3) is 4.82. The predicted octanol–water partition coefficient (Wildman–Crippen LogP) is 5.99. The summed E-state index contributed by atoms with van der Waals surface area (Å²) in [5, 5.41) is 1.82. The molecule has 162 valence electrons. The Morgan fingerprint density at radius 1 is 0.935 bits per heavy atom. The van der Waals surface area contributed by atoms with Gasteiger partial charge in [0.25, 0.3) is 0 Å². The van der Waals surface area contributed by atoms with Gasteiger partial charge in [-0.25, -0.2) is 4.79 Å². The fraction of sp³-hybridized carbons (Fsp3) is 0.269. The molecule has 0 N–H and O–H groups in total. The van der Waals surface area contributed by atoms with Crippen LogP contribution in [-0.2, 0) is 4.74 Å². The van der Waals surface area contributed by atoms with Gasteiger partial charge >= 0.3 is 5.97 Å². The summed E-state index contributed by atoms with van der Waals surface area (Å²) in [6.45, 7) is 4.08. The van der Waals surface area contributed by atoms with Crippen molar-refractivity contribution in [3.8, 4) is 17.2 Å². The van der Waals surface area contributed by atoms with Crippen LogP contribution in [0.2, 0.25) is 0 Å². The van der Waals surface area contributed by atoms with Gasteiger partial charge in [-0.2, -0.15) is 0 Å². The number of rotatable bonds is 8. The number of carbonyl (C=O) groups is 1. The molecule has 0 fully saturated rings.